The highest BCUT2D eigenvalue weighted by molar-refractivity contribution is 6.30. The summed E-state index contributed by atoms with van der Waals surface area (Å²) in [7, 11) is 0. The topological polar surface area (TPSA) is 90.4 Å². The predicted molar refractivity (Wildman–Crippen MR) is 175 cm³/mol. The van der Waals surface area contributed by atoms with Gasteiger partial charge < -0.3 is 24.5 Å². The fourth-order valence-electron chi connectivity index (χ4n) is 7.80. The minimum absolute atomic E-state index is 0.106. The molecule has 7 atom stereocenters. The van der Waals surface area contributed by atoms with E-state index < -0.39 is 35.1 Å². The Kier molecular flexibility index (Phi) is 9.59. The number of benzene rings is 2. The molecule has 2 unspecified atom stereocenters. The van der Waals surface area contributed by atoms with E-state index in [9.17, 15) is 19.5 Å². The van der Waals surface area contributed by atoms with Crippen LogP contribution in [0.25, 0.3) is 0 Å². The van der Waals surface area contributed by atoms with Crippen LogP contribution in [0.1, 0.15) is 45.6 Å². The summed E-state index contributed by atoms with van der Waals surface area (Å²) in [5, 5.41) is 11.2. The van der Waals surface area contributed by atoms with E-state index in [1.165, 1.54) is 0 Å². The second kappa shape index (κ2) is 13.1. The van der Waals surface area contributed by atoms with Crippen LogP contribution in [-0.2, 0) is 25.7 Å². The van der Waals surface area contributed by atoms with Crippen LogP contribution in [-0.4, -0.2) is 75.6 Å². The smallest absolute Gasteiger partial charge is 0.253 e. The minimum atomic E-state index is -1.23. The van der Waals surface area contributed by atoms with Gasteiger partial charge in [-0.15, -0.1) is 13.2 Å². The van der Waals surface area contributed by atoms with E-state index in [0.717, 1.165) is 5.56 Å². The van der Waals surface area contributed by atoms with E-state index in [0.29, 0.717) is 43.1 Å². The summed E-state index contributed by atoms with van der Waals surface area (Å²) in [6.45, 7) is 14.2. The molecule has 1 spiro atoms. The van der Waals surface area contributed by atoms with Crippen LogP contribution < -0.4 is 4.90 Å². The van der Waals surface area contributed by atoms with Crippen LogP contribution in [0, 0.1) is 17.8 Å². The van der Waals surface area contributed by atoms with E-state index in [-0.39, 0.29) is 36.8 Å². The number of fused-ring (bicyclic) bond motifs is 1. The lowest BCUT2D eigenvalue weighted by Gasteiger charge is -2.41. The molecule has 2 aromatic rings. The van der Waals surface area contributed by atoms with Gasteiger partial charge in [-0.05, 0) is 55.5 Å². The molecular formula is C36H44ClN3O5. The van der Waals surface area contributed by atoms with Gasteiger partial charge in [0.2, 0.25) is 11.8 Å². The number of hydrogen-bond donors (Lipinski definition) is 1. The number of nitrogens with zero attached hydrogens (tertiary/aromatic N) is 3. The van der Waals surface area contributed by atoms with Crippen molar-refractivity contribution in [3.63, 3.8) is 0 Å². The van der Waals surface area contributed by atoms with Gasteiger partial charge in [0.15, 0.2) is 0 Å². The second-order valence-corrected chi connectivity index (χ2v) is 13.3. The van der Waals surface area contributed by atoms with Crippen LogP contribution in [0.2, 0.25) is 5.02 Å². The Balaban J connectivity index is 1.61. The number of hydrogen-bond acceptors (Lipinski definition) is 5. The highest BCUT2D eigenvalue weighted by atomic mass is 35.5. The van der Waals surface area contributed by atoms with Gasteiger partial charge in [0.1, 0.15) is 11.6 Å². The van der Waals surface area contributed by atoms with Gasteiger partial charge in [-0.2, -0.15) is 0 Å². The minimum Gasteiger partial charge on any atom is -0.394 e. The molecule has 2 aromatic carbocycles. The number of aliphatic hydroxyl groups is 1. The lowest BCUT2D eigenvalue weighted by atomic mass is 9.66. The molecule has 2 bridgehead atoms. The molecule has 3 amide bonds. The van der Waals surface area contributed by atoms with E-state index >= 15 is 0 Å². The standard InChI is InChI=1S/C36H44ClN3O5/c1-6-20-38(22-25-12-10-9-11-13-25)32(42)29-30-33(43)40(28(23-41)24(4)8-3)31(36(30)19-18-35(29,5)45-36)34(44)39(21-7-2)27-16-14-26(37)15-17-27/h6-7,9-17,24,28-31,41H,1-2,8,18-23H2,3-5H3/t24-,28-,29+,30-,31?,35-,36?/m0/s1. The van der Waals surface area contributed by atoms with Crippen molar-refractivity contribution >= 4 is 35.0 Å². The Labute approximate surface area is 271 Å². The summed E-state index contributed by atoms with van der Waals surface area (Å²) in [5.41, 5.74) is -0.605. The molecule has 0 aromatic heterocycles. The van der Waals surface area contributed by atoms with Crippen molar-refractivity contribution in [2.24, 2.45) is 17.8 Å². The number of anilines is 1. The average molecular weight is 634 g/mol. The fraction of sp³-hybridized carbons (Fsp3) is 0.472. The average Bonchev–Trinajstić information content (AvgIpc) is 3.61. The maximum absolute atomic E-state index is 14.9. The first-order valence-corrected chi connectivity index (χ1v) is 16.2. The monoisotopic (exact) mass is 633 g/mol. The Morgan fingerprint density at radius 2 is 1.76 bits per heavy atom. The zero-order valence-corrected chi connectivity index (χ0v) is 27.2. The lowest BCUT2D eigenvalue weighted by molar-refractivity contribution is -0.153. The third kappa shape index (κ3) is 5.62. The van der Waals surface area contributed by atoms with Crippen LogP contribution in [0.4, 0.5) is 5.69 Å². The molecule has 3 aliphatic rings. The molecule has 3 fully saturated rings. The largest absolute Gasteiger partial charge is 0.394 e. The molecule has 0 radical (unpaired) electrons. The Morgan fingerprint density at radius 1 is 1.09 bits per heavy atom. The van der Waals surface area contributed by atoms with E-state index in [1.54, 1.807) is 51.1 Å². The molecule has 0 aliphatic carbocycles. The molecular weight excluding hydrogens is 590 g/mol. The molecule has 0 saturated carbocycles. The summed E-state index contributed by atoms with van der Waals surface area (Å²) in [6.07, 6.45) is 4.97. The highest BCUT2D eigenvalue weighted by Crippen LogP contribution is 2.64. The second-order valence-electron chi connectivity index (χ2n) is 12.8. The first kappa shape index (κ1) is 32.9. The molecule has 1 N–H and O–H groups in total. The van der Waals surface area contributed by atoms with Crippen LogP contribution in [0.15, 0.2) is 79.9 Å². The molecule has 5 rings (SSSR count). The number of ether oxygens (including phenoxy) is 1. The number of halogens is 1. The van der Waals surface area contributed by atoms with Crippen molar-refractivity contribution in [2.45, 2.75) is 69.9 Å². The van der Waals surface area contributed by atoms with E-state index in [1.807, 2.05) is 51.1 Å². The summed E-state index contributed by atoms with van der Waals surface area (Å²) < 4.78 is 6.90. The van der Waals surface area contributed by atoms with Gasteiger partial charge in [0.05, 0.1) is 30.1 Å². The fourth-order valence-corrected chi connectivity index (χ4v) is 7.93. The van der Waals surface area contributed by atoms with Crippen LogP contribution in [0.5, 0.6) is 0 Å². The predicted octanol–water partition coefficient (Wildman–Crippen LogP) is 5.25. The third-order valence-electron chi connectivity index (χ3n) is 10.2. The van der Waals surface area contributed by atoms with Crippen molar-refractivity contribution in [2.75, 3.05) is 24.6 Å². The first-order valence-electron chi connectivity index (χ1n) is 15.8. The molecule has 240 valence electrons. The van der Waals surface area contributed by atoms with Gasteiger partial charge in [0, 0.05) is 30.3 Å². The maximum Gasteiger partial charge on any atom is 0.253 e. The number of likely N-dealkylation sites (tertiary alicyclic amines) is 1. The Morgan fingerprint density at radius 3 is 2.36 bits per heavy atom. The molecule has 8 nitrogen and oxygen atoms in total. The molecule has 3 heterocycles. The summed E-state index contributed by atoms with van der Waals surface area (Å²) in [4.78, 5) is 49.1. The SMILES string of the molecule is C=CCN(Cc1ccccc1)C(=O)[C@H]1[C@H]2C(=O)N([C@@H](CO)[C@@H](C)CC)C(C(=O)N(CC=C)c3ccc(Cl)cc3)C23CC[C@]1(C)O3. The first-order chi connectivity index (χ1) is 21.6. The Bertz CT molecular complexity index is 1430. The van der Waals surface area contributed by atoms with Gasteiger partial charge in [0.25, 0.3) is 5.91 Å². The molecule has 9 heteroatoms. The molecule has 3 aliphatic heterocycles. The summed E-state index contributed by atoms with van der Waals surface area (Å²) >= 11 is 6.17. The van der Waals surface area contributed by atoms with Crippen molar-refractivity contribution < 1.29 is 24.2 Å². The van der Waals surface area contributed by atoms with Crippen LogP contribution in [0.3, 0.4) is 0 Å². The molecule has 45 heavy (non-hydrogen) atoms. The van der Waals surface area contributed by atoms with Crippen molar-refractivity contribution in [1.29, 1.82) is 0 Å². The van der Waals surface area contributed by atoms with Crippen molar-refractivity contribution in [1.82, 2.24) is 9.80 Å². The number of rotatable bonds is 13. The highest BCUT2D eigenvalue weighted by Gasteiger charge is 2.79. The van der Waals surface area contributed by atoms with Crippen molar-refractivity contribution in [3.8, 4) is 0 Å². The third-order valence-corrected chi connectivity index (χ3v) is 10.4. The number of carbonyl (C=O) groups is 3. The normalized spacial score (nSPS) is 28.0. The van der Waals surface area contributed by atoms with Gasteiger partial charge >= 0.3 is 0 Å². The maximum atomic E-state index is 14.9. The van der Waals surface area contributed by atoms with Gasteiger partial charge in [-0.25, -0.2) is 0 Å². The zero-order chi connectivity index (χ0) is 32.5. The number of aliphatic hydroxyl groups excluding tert-OH is 1. The van der Waals surface area contributed by atoms with Gasteiger partial charge in [-0.1, -0.05) is 74.4 Å². The number of amides is 3. The summed E-state index contributed by atoms with van der Waals surface area (Å²) in [6, 6.07) is 15.0. The van der Waals surface area contributed by atoms with Crippen LogP contribution >= 0.6 is 11.6 Å². The quantitative estimate of drug-likeness (QED) is 0.305. The van der Waals surface area contributed by atoms with E-state index in [4.69, 9.17) is 16.3 Å². The van der Waals surface area contributed by atoms with Gasteiger partial charge in [-0.3, -0.25) is 14.4 Å². The lowest BCUT2D eigenvalue weighted by Crippen LogP contribution is -2.60. The zero-order valence-electron chi connectivity index (χ0n) is 26.4. The van der Waals surface area contributed by atoms with E-state index in [2.05, 4.69) is 13.2 Å². The van der Waals surface area contributed by atoms with Crippen molar-refractivity contribution in [3.05, 3.63) is 90.5 Å². The number of carbonyl (C=O) groups excluding carboxylic acids is 3. The summed E-state index contributed by atoms with van der Waals surface area (Å²) in [5.74, 6) is -2.64. The molecule has 3 saturated heterocycles. The Hall–Kier alpha value is -3.46.